The van der Waals surface area contributed by atoms with E-state index in [1.165, 1.54) is 327 Å². The van der Waals surface area contributed by atoms with Crippen molar-refractivity contribution in [2.45, 2.75) is 424 Å². The average molecular weight is 1280 g/mol. The Bertz CT molecular complexity index is 1590. The number of unbranched alkanes of at least 4 members (excludes halogenated alkanes) is 55. The van der Waals surface area contributed by atoms with Gasteiger partial charge in [0.15, 0.2) is 12.4 Å². The fourth-order valence-corrected chi connectivity index (χ4v) is 12.3. The molecule has 0 radical (unpaired) electrons. The number of allylic oxidation sites excluding steroid dienone is 6. The summed E-state index contributed by atoms with van der Waals surface area (Å²) in [6, 6.07) is 0. The average Bonchev–Trinajstić information content (AvgIpc) is 3.46. The van der Waals surface area contributed by atoms with Gasteiger partial charge in [0.2, 0.25) is 0 Å². The highest BCUT2D eigenvalue weighted by atomic mass is 16.7. The molecular weight excluding hydrogens is 1130 g/mol. The number of quaternary nitrogens is 1. The lowest BCUT2D eigenvalue weighted by Gasteiger charge is -2.26. The minimum atomic E-state index is -1.62. The van der Waals surface area contributed by atoms with E-state index < -0.39 is 24.3 Å². The van der Waals surface area contributed by atoms with Crippen LogP contribution in [-0.2, 0) is 33.3 Å². The van der Waals surface area contributed by atoms with Gasteiger partial charge in [-0.1, -0.05) is 384 Å². The number of nitrogens with zero attached hydrogens (tertiary/aromatic N) is 1. The van der Waals surface area contributed by atoms with E-state index in [1.54, 1.807) is 0 Å². The minimum Gasteiger partial charge on any atom is -0.545 e. The number of hydrogen-bond donors (Lipinski definition) is 0. The van der Waals surface area contributed by atoms with E-state index in [-0.39, 0.29) is 32.2 Å². The summed E-state index contributed by atoms with van der Waals surface area (Å²) in [4.78, 5) is 37.6. The monoisotopic (exact) mass is 1280 g/mol. The van der Waals surface area contributed by atoms with Crippen molar-refractivity contribution in [3.8, 4) is 0 Å². The number of carbonyl (C=O) groups excluding carboxylic acids is 3. The first kappa shape index (κ1) is 88.5. The van der Waals surface area contributed by atoms with Gasteiger partial charge in [0.05, 0.1) is 40.3 Å². The van der Waals surface area contributed by atoms with Crippen LogP contribution < -0.4 is 5.11 Å². The van der Waals surface area contributed by atoms with E-state index in [9.17, 15) is 19.5 Å². The molecule has 0 saturated heterocycles. The summed E-state index contributed by atoms with van der Waals surface area (Å²) >= 11 is 0. The lowest BCUT2D eigenvalue weighted by atomic mass is 10.0. The van der Waals surface area contributed by atoms with Gasteiger partial charge in [0, 0.05) is 12.8 Å². The fraction of sp³-hybridized carbons (Fsp3) is 0.890. The van der Waals surface area contributed by atoms with Crippen molar-refractivity contribution >= 4 is 17.9 Å². The molecule has 9 nitrogen and oxygen atoms in total. The van der Waals surface area contributed by atoms with Crippen molar-refractivity contribution in [2.75, 3.05) is 47.5 Å². The molecule has 536 valence electrons. The maximum Gasteiger partial charge on any atom is 0.306 e. The van der Waals surface area contributed by atoms with Crippen LogP contribution in [0.4, 0.5) is 0 Å². The second-order valence-electron chi connectivity index (χ2n) is 28.7. The van der Waals surface area contributed by atoms with Crippen LogP contribution in [0.2, 0.25) is 0 Å². The fourth-order valence-electron chi connectivity index (χ4n) is 12.3. The van der Waals surface area contributed by atoms with Crippen molar-refractivity contribution in [2.24, 2.45) is 0 Å². The summed E-state index contributed by atoms with van der Waals surface area (Å²) in [5, 5.41) is 11.8. The Morgan fingerprint density at radius 2 is 0.593 bits per heavy atom. The Morgan fingerprint density at radius 3 is 0.879 bits per heavy atom. The highest BCUT2D eigenvalue weighted by molar-refractivity contribution is 5.70. The molecule has 0 bridgehead atoms. The number of rotatable bonds is 76. The molecule has 0 aromatic rings. The molecule has 0 aliphatic carbocycles. The van der Waals surface area contributed by atoms with E-state index in [2.05, 4.69) is 50.3 Å². The Labute approximate surface area is 566 Å². The molecule has 2 unspecified atom stereocenters. The number of likely N-dealkylation sites (N-methyl/N-ethyl adjacent to an activating group) is 1. The summed E-state index contributed by atoms with van der Waals surface area (Å²) in [6.45, 7) is 4.80. The molecule has 0 fully saturated rings. The molecule has 0 saturated carbocycles. The second-order valence-corrected chi connectivity index (χ2v) is 28.7. The lowest BCUT2D eigenvalue weighted by Crippen LogP contribution is -2.44. The summed E-state index contributed by atoms with van der Waals surface area (Å²) in [6.07, 6.45) is 91.4. The first-order valence-electron chi connectivity index (χ1n) is 40.1. The van der Waals surface area contributed by atoms with Crippen molar-refractivity contribution in [3.63, 3.8) is 0 Å². The van der Waals surface area contributed by atoms with Gasteiger partial charge in [-0.3, -0.25) is 9.59 Å². The lowest BCUT2D eigenvalue weighted by molar-refractivity contribution is -0.870. The maximum atomic E-state index is 12.9. The van der Waals surface area contributed by atoms with Crippen LogP contribution in [-0.4, -0.2) is 82.3 Å². The van der Waals surface area contributed by atoms with Crippen LogP contribution in [0.1, 0.15) is 412 Å². The molecule has 0 spiro atoms. The maximum absolute atomic E-state index is 12.9. The predicted octanol–water partition coefficient (Wildman–Crippen LogP) is 24.2. The third-order valence-electron chi connectivity index (χ3n) is 18.4. The summed E-state index contributed by atoms with van der Waals surface area (Å²) in [5.74, 6) is -2.26. The molecule has 2 atom stereocenters. The third kappa shape index (κ3) is 74.8. The molecule has 0 rings (SSSR count). The summed E-state index contributed by atoms with van der Waals surface area (Å²) < 4.78 is 22.9. The molecule has 0 aliphatic heterocycles. The first-order valence-corrected chi connectivity index (χ1v) is 40.1. The highest BCUT2D eigenvalue weighted by Gasteiger charge is 2.22. The van der Waals surface area contributed by atoms with Gasteiger partial charge in [-0.15, -0.1) is 0 Å². The van der Waals surface area contributed by atoms with E-state index in [0.29, 0.717) is 23.9 Å². The van der Waals surface area contributed by atoms with Crippen LogP contribution in [0.15, 0.2) is 36.5 Å². The van der Waals surface area contributed by atoms with Crippen LogP contribution in [0.5, 0.6) is 0 Å². The molecule has 0 aromatic heterocycles. The van der Waals surface area contributed by atoms with Gasteiger partial charge < -0.3 is 33.3 Å². The van der Waals surface area contributed by atoms with Crippen LogP contribution in [0.3, 0.4) is 0 Å². The Balaban J connectivity index is 3.92. The molecule has 0 heterocycles. The zero-order chi connectivity index (χ0) is 66.1. The zero-order valence-corrected chi connectivity index (χ0v) is 61.5. The summed E-state index contributed by atoms with van der Waals surface area (Å²) in [5.41, 5.74) is 0. The Kier molecular flexibility index (Phi) is 71.3. The van der Waals surface area contributed by atoms with Crippen molar-refractivity contribution < 1.29 is 42.9 Å². The summed E-state index contributed by atoms with van der Waals surface area (Å²) in [7, 11) is 5.94. The van der Waals surface area contributed by atoms with Gasteiger partial charge in [0.1, 0.15) is 13.2 Å². The number of carboxylic acid groups (broad SMARTS) is 1. The number of ether oxygens (including phenoxy) is 4. The predicted molar refractivity (Wildman–Crippen MR) is 389 cm³/mol. The first-order chi connectivity index (χ1) is 44.6. The zero-order valence-electron chi connectivity index (χ0n) is 61.5. The quantitative estimate of drug-likeness (QED) is 0.0195. The number of aliphatic carboxylic acids is 1. The van der Waals surface area contributed by atoms with Crippen LogP contribution in [0, 0.1) is 0 Å². The van der Waals surface area contributed by atoms with Gasteiger partial charge in [0.25, 0.3) is 0 Å². The smallest absolute Gasteiger partial charge is 0.306 e. The van der Waals surface area contributed by atoms with Gasteiger partial charge >= 0.3 is 11.9 Å². The topological polar surface area (TPSA) is 111 Å². The van der Waals surface area contributed by atoms with Crippen LogP contribution >= 0.6 is 0 Å². The Hall–Kier alpha value is -2.49. The highest BCUT2D eigenvalue weighted by Crippen LogP contribution is 2.20. The SMILES string of the molecule is CCCCCCC/C=C\C/C=C\C/C=C\CCCCCCCCCCCCC(=O)OC(COC(=O)CCCCCCCCCCCCCCCCCCCCCCCCCCCCCCCCCCCCCCCCCCC)COC(OCC[N+](C)(C)C)C(=O)[O-]. The second kappa shape index (κ2) is 73.3. The number of esters is 2. The molecule has 0 amide bonds. The van der Waals surface area contributed by atoms with Gasteiger partial charge in [-0.2, -0.15) is 0 Å². The molecule has 0 aromatic carbocycles. The molecule has 0 aliphatic rings. The largest absolute Gasteiger partial charge is 0.545 e. The standard InChI is InChI=1S/C82H155NO8/c1-6-8-10-12-14-16-18-20-22-24-26-28-30-32-33-34-35-36-37-38-39-40-41-42-43-44-45-46-47-49-50-52-54-56-58-60-62-64-66-68-70-72-79(84)89-76-78(77-90-82(81(86)87)88-75-74-83(3,4)5)91-80(85)73-71-69-67-65-63-61-59-57-55-53-51-48-31-29-27-25-23-21-19-17-15-13-11-9-7-2/h19,21,25,27,31,48,78,82H,6-18,20,22-24,26,28-30,32-47,49-77H2,1-5H3/b21-19-,27-25-,48-31-. The van der Waals surface area contributed by atoms with Crippen LogP contribution in [0.25, 0.3) is 0 Å². The van der Waals surface area contributed by atoms with E-state index >= 15 is 0 Å². The van der Waals surface area contributed by atoms with E-state index in [0.717, 1.165) is 51.4 Å². The molecular formula is C82H155NO8. The van der Waals surface area contributed by atoms with E-state index in [1.807, 2.05) is 21.1 Å². The number of carboxylic acids is 1. The third-order valence-corrected chi connectivity index (χ3v) is 18.4. The number of hydrogen-bond acceptors (Lipinski definition) is 8. The Morgan fingerprint density at radius 1 is 0.330 bits per heavy atom. The van der Waals surface area contributed by atoms with Crippen molar-refractivity contribution in [3.05, 3.63) is 36.5 Å². The van der Waals surface area contributed by atoms with Gasteiger partial charge in [-0.25, -0.2) is 0 Å². The minimum absolute atomic E-state index is 0.149. The number of carbonyl (C=O) groups is 3. The normalized spacial score (nSPS) is 12.8. The van der Waals surface area contributed by atoms with Gasteiger partial charge in [-0.05, 0) is 51.4 Å². The van der Waals surface area contributed by atoms with Crippen molar-refractivity contribution in [1.82, 2.24) is 0 Å². The van der Waals surface area contributed by atoms with Crippen molar-refractivity contribution in [1.29, 1.82) is 0 Å². The molecule has 0 N–H and O–H groups in total. The molecule has 9 heteroatoms. The van der Waals surface area contributed by atoms with E-state index in [4.69, 9.17) is 18.9 Å². The molecule has 91 heavy (non-hydrogen) atoms.